The van der Waals surface area contributed by atoms with Crippen LogP contribution < -0.4 is 0 Å². The first-order valence-electron chi connectivity index (χ1n) is 13.3. The molecule has 10 unspecified atom stereocenters. The largest absolute Gasteiger partial charge is 0.419 e. The Morgan fingerprint density at radius 2 is 1.91 bits per heavy atom. The summed E-state index contributed by atoms with van der Waals surface area (Å²) in [6.45, 7) is 6.95. The Kier molecular flexibility index (Phi) is 5.13. The fraction of sp³-hybridized carbons (Fsp3) is 0.852. The van der Waals surface area contributed by atoms with Gasteiger partial charge in [-0.1, -0.05) is 20.3 Å². The highest BCUT2D eigenvalue weighted by molar-refractivity contribution is 5.82. The summed E-state index contributed by atoms with van der Waals surface area (Å²) in [7, 11) is 0. The van der Waals surface area contributed by atoms with Crippen molar-refractivity contribution < 1.29 is 22.7 Å². The Hall–Kier alpha value is -1.37. The molecule has 34 heavy (non-hydrogen) atoms. The van der Waals surface area contributed by atoms with E-state index in [1.807, 2.05) is 0 Å². The van der Waals surface area contributed by atoms with Crippen molar-refractivity contribution in [2.24, 2.45) is 46.3 Å². The summed E-state index contributed by atoms with van der Waals surface area (Å²) in [5, 5.41) is 3.83. The molecule has 7 heteroatoms. The molecule has 1 saturated heterocycles. The van der Waals surface area contributed by atoms with Gasteiger partial charge in [0.05, 0.1) is 30.5 Å². The lowest BCUT2D eigenvalue weighted by Crippen LogP contribution is -2.57. The molecule has 0 aromatic carbocycles. The number of carbonyl (C=O) groups excluding carboxylic acids is 1. The van der Waals surface area contributed by atoms with Crippen LogP contribution in [-0.2, 0) is 22.3 Å². The lowest BCUT2D eigenvalue weighted by molar-refractivity contribution is -0.138. The highest BCUT2D eigenvalue weighted by atomic mass is 19.4. The Bertz CT molecular complexity index is 975. The van der Waals surface area contributed by atoms with E-state index in [-0.39, 0.29) is 23.7 Å². The summed E-state index contributed by atoms with van der Waals surface area (Å²) in [6.07, 6.45) is 7.16. The van der Waals surface area contributed by atoms with Gasteiger partial charge in [-0.15, -0.1) is 0 Å². The maximum atomic E-state index is 13.4. The van der Waals surface area contributed by atoms with Gasteiger partial charge in [0.1, 0.15) is 0 Å². The van der Waals surface area contributed by atoms with Gasteiger partial charge in [0.15, 0.2) is 5.78 Å². The maximum absolute atomic E-state index is 13.4. The zero-order valence-corrected chi connectivity index (χ0v) is 20.5. The SMILES string of the molecule is CC1CCC23C(C)OC(CC4C5CCC(C(=O)Cn6cc(C(F)(F)F)cn6)C5(C)CCC42)C3C1. The molecule has 2 bridgehead atoms. The monoisotopic (exact) mass is 478 g/mol. The van der Waals surface area contributed by atoms with Crippen molar-refractivity contribution in [2.75, 3.05) is 0 Å². The second-order valence-corrected chi connectivity index (χ2v) is 12.6. The Morgan fingerprint density at radius 3 is 2.65 bits per heavy atom. The van der Waals surface area contributed by atoms with Gasteiger partial charge in [-0.05, 0) is 86.9 Å². The molecule has 0 radical (unpaired) electrons. The lowest BCUT2D eigenvalue weighted by Gasteiger charge is -2.60. The number of ketones is 1. The Balaban J connectivity index is 1.23. The first-order chi connectivity index (χ1) is 16.0. The number of ether oxygens (including phenoxy) is 1. The van der Waals surface area contributed by atoms with E-state index in [9.17, 15) is 18.0 Å². The van der Waals surface area contributed by atoms with Gasteiger partial charge in [0.25, 0.3) is 0 Å². The first-order valence-corrected chi connectivity index (χ1v) is 13.3. The topological polar surface area (TPSA) is 44.1 Å². The maximum Gasteiger partial charge on any atom is 0.419 e. The number of rotatable bonds is 3. The molecule has 5 fully saturated rings. The lowest BCUT2D eigenvalue weighted by atomic mass is 9.43. The van der Waals surface area contributed by atoms with E-state index < -0.39 is 11.7 Å². The van der Waals surface area contributed by atoms with Gasteiger partial charge in [0.2, 0.25) is 0 Å². The van der Waals surface area contributed by atoms with Gasteiger partial charge < -0.3 is 4.74 Å². The molecule has 0 amide bonds. The van der Waals surface area contributed by atoms with Crippen LogP contribution in [0.2, 0.25) is 0 Å². The summed E-state index contributed by atoms with van der Waals surface area (Å²) in [6, 6.07) is 0. The van der Waals surface area contributed by atoms with E-state index >= 15 is 0 Å². The molecular weight excluding hydrogens is 441 g/mol. The van der Waals surface area contributed by atoms with Crippen molar-refractivity contribution in [3.63, 3.8) is 0 Å². The normalized spacial score (nSPS) is 47.7. The molecule has 10 atom stereocenters. The Labute approximate surface area is 200 Å². The average molecular weight is 479 g/mol. The van der Waals surface area contributed by atoms with Crippen molar-refractivity contribution in [1.82, 2.24) is 9.78 Å². The summed E-state index contributed by atoms with van der Waals surface area (Å²) >= 11 is 0. The number of nitrogens with zero attached hydrogens (tertiary/aromatic N) is 2. The van der Waals surface area contributed by atoms with Crippen molar-refractivity contribution in [1.29, 1.82) is 0 Å². The third-order valence-corrected chi connectivity index (χ3v) is 11.3. The molecule has 4 nitrogen and oxygen atoms in total. The third kappa shape index (κ3) is 3.13. The highest BCUT2D eigenvalue weighted by Gasteiger charge is 2.68. The summed E-state index contributed by atoms with van der Waals surface area (Å²) in [5.74, 6) is 3.24. The predicted molar refractivity (Wildman–Crippen MR) is 121 cm³/mol. The summed E-state index contributed by atoms with van der Waals surface area (Å²) < 4.78 is 46.7. The van der Waals surface area contributed by atoms with Crippen molar-refractivity contribution in [2.45, 2.75) is 97.1 Å². The number of carbonyl (C=O) groups is 1. The minimum absolute atomic E-state index is 0.0474. The molecule has 1 aromatic rings. The fourth-order valence-electron chi connectivity index (χ4n) is 9.87. The van der Waals surface area contributed by atoms with Gasteiger partial charge in [0, 0.05) is 17.5 Å². The quantitative estimate of drug-likeness (QED) is 0.524. The van der Waals surface area contributed by atoms with Crippen molar-refractivity contribution >= 4 is 5.78 Å². The van der Waals surface area contributed by atoms with Crippen LogP contribution in [0.25, 0.3) is 0 Å². The van der Waals surface area contributed by atoms with Crippen LogP contribution >= 0.6 is 0 Å². The van der Waals surface area contributed by atoms with Crippen molar-refractivity contribution in [3.8, 4) is 0 Å². The smallest absolute Gasteiger partial charge is 0.374 e. The van der Waals surface area contributed by atoms with Gasteiger partial charge in [-0.2, -0.15) is 18.3 Å². The average Bonchev–Trinajstić information content (AvgIpc) is 3.42. The summed E-state index contributed by atoms with van der Waals surface area (Å²) in [5.41, 5.74) is -0.544. The summed E-state index contributed by atoms with van der Waals surface area (Å²) in [4.78, 5) is 13.4. The van der Waals surface area contributed by atoms with E-state index in [1.54, 1.807) is 0 Å². The Morgan fingerprint density at radius 1 is 1.12 bits per heavy atom. The zero-order valence-electron chi connectivity index (χ0n) is 20.5. The minimum Gasteiger partial charge on any atom is -0.374 e. The molecule has 2 heterocycles. The number of alkyl halides is 3. The number of fused-ring (bicyclic) bond motifs is 3. The number of hydrogen-bond donors (Lipinski definition) is 0. The highest BCUT2D eigenvalue weighted by Crippen LogP contribution is 2.71. The van der Waals surface area contributed by atoms with Crippen LogP contribution in [0.15, 0.2) is 12.4 Å². The molecule has 6 rings (SSSR count). The van der Waals surface area contributed by atoms with E-state index in [4.69, 9.17) is 4.74 Å². The second kappa shape index (κ2) is 7.57. The third-order valence-electron chi connectivity index (χ3n) is 11.3. The van der Waals surface area contributed by atoms with E-state index in [1.165, 1.54) is 23.9 Å². The van der Waals surface area contributed by atoms with Crippen LogP contribution in [0, 0.1) is 46.3 Å². The number of hydrogen-bond acceptors (Lipinski definition) is 3. The molecule has 1 aromatic heterocycles. The van der Waals surface area contributed by atoms with Crippen LogP contribution in [0.4, 0.5) is 13.2 Å². The molecule has 188 valence electrons. The first kappa shape index (κ1) is 23.1. The van der Waals surface area contributed by atoms with Crippen LogP contribution in [0.3, 0.4) is 0 Å². The van der Waals surface area contributed by atoms with Crippen LogP contribution in [0.5, 0.6) is 0 Å². The van der Waals surface area contributed by atoms with Gasteiger partial charge in [-0.3, -0.25) is 9.48 Å². The predicted octanol–water partition coefficient (Wildman–Crippen LogP) is 6.14. The standard InChI is InChI=1S/C27H37F3N2O2/c1-15-6-9-26-16(2)34-24(22(26)10-15)11-18-19-4-5-21(25(19,3)8-7-20(18)26)23(33)14-32-13-17(12-31-32)27(28,29)30/h12-13,15-16,18-22,24H,4-11,14H2,1-3H3. The van der Waals surface area contributed by atoms with Crippen LogP contribution in [-0.4, -0.2) is 27.8 Å². The molecule has 1 aliphatic heterocycles. The molecule has 0 N–H and O–H groups in total. The van der Waals surface area contributed by atoms with E-state index in [0.29, 0.717) is 41.3 Å². The molecule has 4 aliphatic carbocycles. The molecule has 4 saturated carbocycles. The van der Waals surface area contributed by atoms with Gasteiger partial charge in [-0.25, -0.2) is 0 Å². The zero-order chi connectivity index (χ0) is 24.0. The number of aromatic nitrogens is 2. The second-order valence-electron chi connectivity index (χ2n) is 12.6. The minimum atomic E-state index is -4.43. The molecule has 5 aliphatic rings. The number of halogens is 3. The number of Topliss-reactive ketones (excluding diaryl/α,β-unsaturated/α-hetero) is 1. The fourth-order valence-corrected chi connectivity index (χ4v) is 9.87. The molecule has 0 spiro atoms. The van der Waals surface area contributed by atoms with Crippen LogP contribution in [0.1, 0.15) is 77.7 Å². The molecular formula is C27H37F3N2O2. The van der Waals surface area contributed by atoms with Gasteiger partial charge >= 0.3 is 6.18 Å². The van der Waals surface area contributed by atoms with E-state index in [0.717, 1.165) is 50.4 Å². The van der Waals surface area contributed by atoms with Crippen molar-refractivity contribution in [3.05, 3.63) is 18.0 Å². The van der Waals surface area contributed by atoms with E-state index in [2.05, 4.69) is 25.9 Å².